The fraction of sp³-hybridized carbons (Fsp3) is 0.0500. The van der Waals surface area contributed by atoms with Gasteiger partial charge in [-0.15, -0.1) is 0 Å². The summed E-state index contributed by atoms with van der Waals surface area (Å²) < 4.78 is 5.73. The van der Waals surface area contributed by atoms with E-state index in [2.05, 4.69) is 0 Å². The molecule has 4 heteroatoms. The molecule has 0 radical (unpaired) electrons. The summed E-state index contributed by atoms with van der Waals surface area (Å²) in [4.78, 5) is 12.3. The van der Waals surface area contributed by atoms with Crippen LogP contribution in [0, 0.1) is 0 Å². The van der Waals surface area contributed by atoms with Gasteiger partial charge in [-0.3, -0.25) is 4.79 Å². The summed E-state index contributed by atoms with van der Waals surface area (Å²) in [6.07, 6.45) is 0. The number of nitrogens with two attached hydrogens (primary N) is 1. The maximum absolute atomic E-state index is 12.3. The Balaban J connectivity index is 1.64. The Kier molecular flexibility index (Phi) is 4.89. The summed E-state index contributed by atoms with van der Waals surface area (Å²) in [6, 6.07) is 26.0. The number of hydrazine groups is 1. The molecule has 4 nitrogen and oxygen atoms in total. The summed E-state index contributed by atoms with van der Waals surface area (Å²) in [6.45, 7) is 0.496. The van der Waals surface area contributed by atoms with Crippen LogP contribution in [0.4, 0.5) is 5.69 Å². The van der Waals surface area contributed by atoms with Gasteiger partial charge in [-0.05, 0) is 42.0 Å². The van der Waals surface area contributed by atoms with Crippen LogP contribution in [0.5, 0.6) is 5.75 Å². The maximum Gasteiger partial charge on any atom is 0.272 e. The van der Waals surface area contributed by atoms with Gasteiger partial charge in [-0.25, -0.2) is 10.9 Å². The molecule has 3 aromatic rings. The maximum atomic E-state index is 12.3. The number of amides is 1. The Bertz CT molecular complexity index is 787. The smallest absolute Gasteiger partial charge is 0.272 e. The van der Waals surface area contributed by atoms with Gasteiger partial charge in [0.15, 0.2) is 0 Å². The van der Waals surface area contributed by atoms with Crippen molar-refractivity contribution in [2.24, 2.45) is 5.84 Å². The van der Waals surface area contributed by atoms with Gasteiger partial charge in [0.2, 0.25) is 0 Å². The van der Waals surface area contributed by atoms with Gasteiger partial charge in [-0.2, -0.15) is 0 Å². The molecule has 0 saturated carbocycles. The number of nitrogens with zero attached hydrogens (tertiary/aromatic N) is 1. The molecule has 3 rings (SSSR count). The largest absolute Gasteiger partial charge is 0.489 e. The van der Waals surface area contributed by atoms with Gasteiger partial charge in [-0.1, -0.05) is 48.5 Å². The predicted octanol–water partition coefficient (Wildman–Crippen LogP) is 3.79. The quantitative estimate of drug-likeness (QED) is 0.442. The molecule has 0 bridgehead atoms. The number of ether oxygens (including phenoxy) is 1. The zero-order chi connectivity index (χ0) is 16.8. The first-order valence-electron chi connectivity index (χ1n) is 7.65. The Morgan fingerprint density at radius 1 is 0.833 bits per heavy atom. The zero-order valence-corrected chi connectivity index (χ0v) is 13.1. The van der Waals surface area contributed by atoms with E-state index < -0.39 is 0 Å². The number of anilines is 1. The molecular weight excluding hydrogens is 300 g/mol. The third-order valence-electron chi connectivity index (χ3n) is 3.60. The van der Waals surface area contributed by atoms with Crippen LogP contribution in [-0.4, -0.2) is 5.91 Å². The van der Waals surface area contributed by atoms with Gasteiger partial charge in [0.05, 0.1) is 5.69 Å². The van der Waals surface area contributed by atoms with Crippen LogP contribution in [0.2, 0.25) is 0 Å². The average molecular weight is 318 g/mol. The van der Waals surface area contributed by atoms with Crippen LogP contribution >= 0.6 is 0 Å². The lowest BCUT2D eigenvalue weighted by Crippen LogP contribution is -2.37. The van der Waals surface area contributed by atoms with E-state index in [0.717, 1.165) is 16.3 Å². The second-order valence-corrected chi connectivity index (χ2v) is 5.31. The lowest BCUT2D eigenvalue weighted by molar-refractivity contribution is 0.0987. The Morgan fingerprint density at radius 3 is 2.04 bits per heavy atom. The molecule has 120 valence electrons. The molecule has 0 unspecified atom stereocenters. The molecular formula is C20H18N2O2. The first-order valence-corrected chi connectivity index (χ1v) is 7.65. The SMILES string of the molecule is NN(C(=O)c1ccccc1)c1ccc(OCc2ccccc2)cc1. The van der Waals surface area contributed by atoms with Crippen molar-refractivity contribution in [1.82, 2.24) is 0 Å². The minimum Gasteiger partial charge on any atom is -0.489 e. The van der Waals surface area contributed by atoms with Crippen LogP contribution in [0.25, 0.3) is 0 Å². The van der Waals surface area contributed by atoms with Crippen molar-refractivity contribution < 1.29 is 9.53 Å². The second kappa shape index (κ2) is 7.44. The van der Waals surface area contributed by atoms with Crippen LogP contribution in [0.1, 0.15) is 15.9 Å². The summed E-state index contributed by atoms with van der Waals surface area (Å²) in [7, 11) is 0. The van der Waals surface area contributed by atoms with Gasteiger partial charge in [0.25, 0.3) is 5.91 Å². The number of carbonyl (C=O) groups is 1. The van der Waals surface area contributed by atoms with Crippen molar-refractivity contribution in [3.63, 3.8) is 0 Å². The fourth-order valence-electron chi connectivity index (χ4n) is 2.28. The molecule has 3 aromatic carbocycles. The van der Waals surface area contributed by atoms with Crippen molar-refractivity contribution in [3.05, 3.63) is 96.1 Å². The molecule has 0 aliphatic carbocycles. The molecule has 0 aliphatic rings. The Morgan fingerprint density at radius 2 is 1.42 bits per heavy atom. The molecule has 0 heterocycles. The molecule has 24 heavy (non-hydrogen) atoms. The van der Waals surface area contributed by atoms with E-state index in [1.165, 1.54) is 0 Å². The number of hydrogen-bond donors (Lipinski definition) is 1. The van der Waals surface area contributed by atoms with E-state index in [4.69, 9.17) is 10.6 Å². The summed E-state index contributed by atoms with van der Waals surface area (Å²) in [5.74, 6) is 6.40. The highest BCUT2D eigenvalue weighted by atomic mass is 16.5. The van der Waals surface area contributed by atoms with E-state index in [1.54, 1.807) is 36.4 Å². The van der Waals surface area contributed by atoms with E-state index in [0.29, 0.717) is 17.9 Å². The first kappa shape index (κ1) is 15.8. The predicted molar refractivity (Wildman–Crippen MR) is 94.7 cm³/mol. The highest BCUT2D eigenvalue weighted by Crippen LogP contribution is 2.20. The number of hydrogen-bond acceptors (Lipinski definition) is 3. The molecule has 0 saturated heterocycles. The topological polar surface area (TPSA) is 55.6 Å². The molecule has 0 aromatic heterocycles. The van der Waals surface area contributed by atoms with Crippen molar-refractivity contribution >= 4 is 11.6 Å². The lowest BCUT2D eigenvalue weighted by Gasteiger charge is -2.17. The second-order valence-electron chi connectivity index (χ2n) is 5.31. The monoisotopic (exact) mass is 318 g/mol. The van der Waals surface area contributed by atoms with Gasteiger partial charge < -0.3 is 4.74 Å². The minimum atomic E-state index is -0.256. The van der Waals surface area contributed by atoms with Crippen LogP contribution in [0.15, 0.2) is 84.9 Å². The molecule has 2 N–H and O–H groups in total. The van der Waals surface area contributed by atoms with Crippen molar-refractivity contribution in [3.8, 4) is 5.75 Å². The van der Waals surface area contributed by atoms with E-state index in [1.807, 2.05) is 48.5 Å². The number of rotatable bonds is 5. The van der Waals surface area contributed by atoms with E-state index in [-0.39, 0.29) is 5.91 Å². The summed E-state index contributed by atoms with van der Waals surface area (Å²) in [5, 5.41) is 1.14. The summed E-state index contributed by atoms with van der Waals surface area (Å²) >= 11 is 0. The van der Waals surface area contributed by atoms with Gasteiger partial charge in [0, 0.05) is 5.56 Å². The first-order chi connectivity index (χ1) is 11.7. The fourth-order valence-corrected chi connectivity index (χ4v) is 2.28. The Hall–Kier alpha value is -3.11. The average Bonchev–Trinajstić information content (AvgIpc) is 2.67. The van der Waals surface area contributed by atoms with E-state index in [9.17, 15) is 4.79 Å². The molecule has 0 atom stereocenters. The van der Waals surface area contributed by atoms with Crippen molar-refractivity contribution in [1.29, 1.82) is 0 Å². The molecule has 1 amide bonds. The van der Waals surface area contributed by atoms with Gasteiger partial charge >= 0.3 is 0 Å². The lowest BCUT2D eigenvalue weighted by atomic mass is 10.2. The molecule has 0 spiro atoms. The van der Waals surface area contributed by atoms with Crippen molar-refractivity contribution in [2.45, 2.75) is 6.61 Å². The zero-order valence-electron chi connectivity index (χ0n) is 13.1. The molecule has 0 fully saturated rings. The minimum absolute atomic E-state index is 0.256. The highest BCUT2D eigenvalue weighted by Gasteiger charge is 2.13. The Labute approximate surface area is 141 Å². The number of benzene rings is 3. The highest BCUT2D eigenvalue weighted by molar-refractivity contribution is 6.05. The standard InChI is InChI=1S/C20H18N2O2/c21-22(20(23)17-9-5-2-6-10-17)18-11-13-19(14-12-18)24-15-16-7-3-1-4-8-16/h1-14H,15,21H2. The molecule has 0 aliphatic heterocycles. The van der Waals surface area contributed by atoms with Crippen LogP contribution < -0.4 is 15.6 Å². The normalized spacial score (nSPS) is 10.2. The third kappa shape index (κ3) is 3.80. The van der Waals surface area contributed by atoms with Gasteiger partial charge in [0.1, 0.15) is 12.4 Å². The third-order valence-corrected chi connectivity index (χ3v) is 3.60. The van der Waals surface area contributed by atoms with Crippen LogP contribution in [0.3, 0.4) is 0 Å². The summed E-state index contributed by atoms with van der Waals surface area (Å²) in [5.41, 5.74) is 2.25. The van der Waals surface area contributed by atoms with E-state index >= 15 is 0 Å². The number of carbonyl (C=O) groups excluding carboxylic acids is 1. The van der Waals surface area contributed by atoms with Crippen LogP contribution in [-0.2, 0) is 6.61 Å². The van der Waals surface area contributed by atoms with Crippen molar-refractivity contribution in [2.75, 3.05) is 5.01 Å².